The second-order valence-electron chi connectivity index (χ2n) is 4.67. The predicted octanol–water partition coefficient (Wildman–Crippen LogP) is 2.92. The molecule has 0 radical (unpaired) electrons. The van der Waals surface area contributed by atoms with Crippen LogP contribution in [-0.2, 0) is 14.3 Å². The molecule has 2 aromatic carbocycles. The lowest BCUT2D eigenvalue weighted by Crippen LogP contribution is -2.22. The number of methoxy groups -OCH3 is 1. The van der Waals surface area contributed by atoms with Gasteiger partial charge in [0.2, 0.25) is 0 Å². The van der Waals surface area contributed by atoms with E-state index in [4.69, 9.17) is 16.3 Å². The summed E-state index contributed by atoms with van der Waals surface area (Å²) in [5.74, 6) is -1.84. The van der Waals surface area contributed by atoms with Gasteiger partial charge in [0.05, 0.1) is 23.9 Å². The van der Waals surface area contributed by atoms with Gasteiger partial charge in [-0.15, -0.1) is 0 Å². The van der Waals surface area contributed by atoms with Crippen LogP contribution in [0.4, 0.5) is 5.69 Å². The molecule has 0 saturated heterocycles. The molecular weight excluding hydrogens is 334 g/mol. The minimum Gasteiger partial charge on any atom is -0.465 e. The Morgan fingerprint density at radius 3 is 2.50 bits per heavy atom. The predicted molar refractivity (Wildman–Crippen MR) is 88.1 cm³/mol. The van der Waals surface area contributed by atoms with Crippen LogP contribution < -0.4 is 5.32 Å². The van der Waals surface area contributed by atoms with E-state index in [-0.39, 0.29) is 16.8 Å². The van der Waals surface area contributed by atoms with Crippen molar-refractivity contribution in [2.75, 3.05) is 19.0 Å². The highest BCUT2D eigenvalue weighted by Gasteiger charge is 2.15. The van der Waals surface area contributed by atoms with Crippen molar-refractivity contribution in [3.8, 4) is 0 Å². The van der Waals surface area contributed by atoms with Crippen LogP contribution >= 0.6 is 11.6 Å². The van der Waals surface area contributed by atoms with E-state index in [0.29, 0.717) is 5.02 Å². The summed E-state index contributed by atoms with van der Waals surface area (Å²) in [6.45, 7) is -0.499. The molecule has 0 fully saturated rings. The number of esters is 2. The fourth-order valence-electron chi connectivity index (χ4n) is 1.90. The van der Waals surface area contributed by atoms with E-state index in [1.807, 2.05) is 0 Å². The number of rotatable bonds is 5. The van der Waals surface area contributed by atoms with Crippen molar-refractivity contribution in [1.29, 1.82) is 0 Å². The maximum absolute atomic E-state index is 11.9. The molecule has 0 spiro atoms. The third kappa shape index (κ3) is 4.57. The zero-order valence-corrected chi connectivity index (χ0v) is 13.5. The molecule has 2 aromatic rings. The molecule has 7 heteroatoms. The topological polar surface area (TPSA) is 81.7 Å². The number of hydrogen-bond acceptors (Lipinski definition) is 5. The molecule has 0 unspecified atom stereocenters. The summed E-state index contributed by atoms with van der Waals surface area (Å²) in [7, 11) is 1.24. The van der Waals surface area contributed by atoms with E-state index in [1.54, 1.807) is 30.3 Å². The number of anilines is 1. The Bertz CT molecular complexity index is 775. The number of benzene rings is 2. The molecule has 0 saturated carbocycles. The average molecular weight is 348 g/mol. The maximum Gasteiger partial charge on any atom is 0.339 e. The lowest BCUT2D eigenvalue weighted by atomic mass is 10.2. The summed E-state index contributed by atoms with van der Waals surface area (Å²) in [5.41, 5.74) is 0.716. The number of carbonyl (C=O) groups excluding carboxylic acids is 3. The summed E-state index contributed by atoms with van der Waals surface area (Å²) in [4.78, 5) is 35.4. The number of hydrogen-bond donors (Lipinski definition) is 1. The van der Waals surface area contributed by atoms with E-state index in [2.05, 4.69) is 10.1 Å². The Morgan fingerprint density at radius 2 is 1.79 bits per heavy atom. The molecule has 24 heavy (non-hydrogen) atoms. The highest BCUT2D eigenvalue weighted by molar-refractivity contribution is 6.30. The Morgan fingerprint density at radius 1 is 1.04 bits per heavy atom. The van der Waals surface area contributed by atoms with E-state index in [1.165, 1.54) is 25.3 Å². The maximum atomic E-state index is 11.9. The van der Waals surface area contributed by atoms with Gasteiger partial charge in [-0.05, 0) is 30.3 Å². The van der Waals surface area contributed by atoms with Gasteiger partial charge < -0.3 is 14.8 Å². The minimum absolute atomic E-state index is 0.203. The fourth-order valence-corrected chi connectivity index (χ4v) is 2.09. The van der Waals surface area contributed by atoms with E-state index >= 15 is 0 Å². The van der Waals surface area contributed by atoms with Crippen LogP contribution in [0, 0.1) is 0 Å². The highest BCUT2D eigenvalue weighted by Crippen LogP contribution is 2.16. The molecule has 124 valence electrons. The molecular formula is C17H14ClNO5. The Labute approximate surface area is 143 Å². The van der Waals surface area contributed by atoms with Gasteiger partial charge in [-0.2, -0.15) is 0 Å². The van der Waals surface area contributed by atoms with Crippen LogP contribution in [0.5, 0.6) is 0 Å². The third-order valence-corrected chi connectivity index (χ3v) is 3.24. The lowest BCUT2D eigenvalue weighted by molar-refractivity contribution is -0.119. The van der Waals surface area contributed by atoms with Crippen molar-refractivity contribution in [3.05, 3.63) is 64.7 Å². The van der Waals surface area contributed by atoms with Crippen LogP contribution in [0.15, 0.2) is 48.5 Å². The first-order chi connectivity index (χ1) is 11.5. The van der Waals surface area contributed by atoms with Crippen LogP contribution in [-0.4, -0.2) is 31.6 Å². The Kier molecular flexibility index (Phi) is 5.92. The van der Waals surface area contributed by atoms with Gasteiger partial charge in [0, 0.05) is 5.02 Å². The summed E-state index contributed by atoms with van der Waals surface area (Å²) in [6, 6.07) is 12.5. The smallest absolute Gasteiger partial charge is 0.339 e. The Hall–Kier alpha value is -2.86. The molecule has 0 aliphatic heterocycles. The van der Waals surface area contributed by atoms with Crippen LogP contribution in [0.25, 0.3) is 0 Å². The molecule has 6 nitrogen and oxygen atoms in total. The van der Waals surface area contributed by atoms with Gasteiger partial charge in [-0.3, -0.25) is 4.79 Å². The van der Waals surface area contributed by atoms with Crippen molar-refractivity contribution in [2.45, 2.75) is 0 Å². The standard InChI is InChI=1S/C17H14ClNO5/c1-23-17(22)13-7-2-3-8-14(13)19-15(20)10-24-16(21)11-5-4-6-12(18)9-11/h2-9H,10H2,1H3,(H,19,20). The summed E-state index contributed by atoms with van der Waals surface area (Å²) >= 11 is 5.79. The summed E-state index contributed by atoms with van der Waals surface area (Å²) in [5, 5.41) is 2.89. The van der Waals surface area contributed by atoms with Gasteiger partial charge in [0.1, 0.15) is 0 Å². The van der Waals surface area contributed by atoms with E-state index in [9.17, 15) is 14.4 Å². The molecule has 0 atom stereocenters. The third-order valence-electron chi connectivity index (χ3n) is 3.00. The van der Waals surface area contributed by atoms with Gasteiger partial charge in [0.15, 0.2) is 6.61 Å². The van der Waals surface area contributed by atoms with Crippen LogP contribution in [0.1, 0.15) is 20.7 Å². The second-order valence-corrected chi connectivity index (χ2v) is 5.11. The number of halogens is 1. The molecule has 1 amide bonds. The number of para-hydroxylation sites is 1. The first kappa shape index (κ1) is 17.5. The van der Waals surface area contributed by atoms with E-state index < -0.39 is 24.5 Å². The molecule has 2 rings (SSSR count). The van der Waals surface area contributed by atoms with Crippen molar-refractivity contribution in [1.82, 2.24) is 0 Å². The van der Waals surface area contributed by atoms with Crippen molar-refractivity contribution >= 4 is 35.1 Å². The normalized spacial score (nSPS) is 9.92. The molecule has 0 aliphatic carbocycles. The SMILES string of the molecule is COC(=O)c1ccccc1NC(=O)COC(=O)c1cccc(Cl)c1. The monoisotopic (exact) mass is 347 g/mol. The molecule has 0 aliphatic rings. The molecule has 0 aromatic heterocycles. The zero-order chi connectivity index (χ0) is 17.5. The van der Waals surface area contributed by atoms with Crippen molar-refractivity contribution < 1.29 is 23.9 Å². The van der Waals surface area contributed by atoms with Crippen molar-refractivity contribution in [3.63, 3.8) is 0 Å². The highest BCUT2D eigenvalue weighted by atomic mass is 35.5. The fraction of sp³-hybridized carbons (Fsp3) is 0.118. The number of carbonyl (C=O) groups is 3. The van der Waals surface area contributed by atoms with Gasteiger partial charge >= 0.3 is 11.9 Å². The minimum atomic E-state index is -0.672. The summed E-state index contributed by atoms with van der Waals surface area (Å²) < 4.78 is 9.56. The average Bonchev–Trinajstić information content (AvgIpc) is 2.59. The Balaban J connectivity index is 1.97. The van der Waals surface area contributed by atoms with Crippen LogP contribution in [0.3, 0.4) is 0 Å². The van der Waals surface area contributed by atoms with Gasteiger partial charge in [-0.25, -0.2) is 9.59 Å². The summed E-state index contributed by atoms with van der Waals surface area (Å²) in [6.07, 6.45) is 0. The van der Waals surface area contributed by atoms with Crippen molar-refractivity contribution in [2.24, 2.45) is 0 Å². The van der Waals surface area contributed by atoms with Gasteiger partial charge in [-0.1, -0.05) is 29.8 Å². The quantitative estimate of drug-likeness (QED) is 0.841. The second kappa shape index (κ2) is 8.12. The number of ether oxygens (including phenoxy) is 2. The zero-order valence-electron chi connectivity index (χ0n) is 12.7. The lowest BCUT2D eigenvalue weighted by Gasteiger charge is -2.10. The number of nitrogens with one attached hydrogen (secondary N) is 1. The molecule has 1 N–H and O–H groups in total. The van der Waals surface area contributed by atoms with E-state index in [0.717, 1.165) is 0 Å². The largest absolute Gasteiger partial charge is 0.465 e. The molecule has 0 bridgehead atoms. The first-order valence-corrected chi connectivity index (χ1v) is 7.29. The van der Waals surface area contributed by atoms with Crippen LogP contribution in [0.2, 0.25) is 5.02 Å². The number of amides is 1. The van der Waals surface area contributed by atoms with Gasteiger partial charge in [0.25, 0.3) is 5.91 Å². The first-order valence-electron chi connectivity index (χ1n) is 6.91. The molecule has 0 heterocycles.